The van der Waals surface area contributed by atoms with E-state index in [1.807, 2.05) is 13.8 Å². The van der Waals surface area contributed by atoms with Crippen LogP contribution in [0.1, 0.15) is 42.5 Å². The Kier molecular flexibility index (Phi) is 4.48. The van der Waals surface area contributed by atoms with Crippen LogP contribution in [0.5, 0.6) is 0 Å². The molecule has 2 atom stereocenters. The van der Waals surface area contributed by atoms with Gasteiger partial charge in [-0.05, 0) is 6.42 Å². The molecule has 2 aliphatic rings. The van der Waals surface area contributed by atoms with Crippen LogP contribution in [0.4, 0.5) is 0 Å². The van der Waals surface area contributed by atoms with E-state index in [2.05, 4.69) is 9.97 Å². The molecule has 3 rings (SSSR count). The van der Waals surface area contributed by atoms with Gasteiger partial charge in [0.2, 0.25) is 0 Å². The van der Waals surface area contributed by atoms with Crippen molar-refractivity contribution in [3.8, 4) is 0 Å². The number of rotatable bonds is 3. The maximum absolute atomic E-state index is 12.9. The summed E-state index contributed by atoms with van der Waals surface area (Å²) >= 11 is 6.11. The molecule has 24 heavy (non-hydrogen) atoms. The number of amides is 1. The van der Waals surface area contributed by atoms with Crippen molar-refractivity contribution in [1.29, 1.82) is 0 Å². The molecule has 7 nitrogen and oxygen atoms in total. The van der Waals surface area contributed by atoms with Crippen LogP contribution in [-0.4, -0.2) is 58.2 Å². The van der Waals surface area contributed by atoms with Crippen LogP contribution >= 0.6 is 11.6 Å². The first-order valence-corrected chi connectivity index (χ1v) is 8.36. The van der Waals surface area contributed by atoms with Gasteiger partial charge in [0.1, 0.15) is 5.82 Å². The zero-order chi connectivity index (χ0) is 17.5. The number of carbonyl (C=O) groups is 2. The van der Waals surface area contributed by atoms with Gasteiger partial charge in [-0.1, -0.05) is 25.4 Å². The highest BCUT2D eigenvalue weighted by Crippen LogP contribution is 2.43. The molecule has 2 aliphatic heterocycles. The lowest BCUT2D eigenvalue weighted by Gasteiger charge is -2.33. The van der Waals surface area contributed by atoms with Gasteiger partial charge in [-0.25, -0.2) is 9.97 Å². The molecule has 130 valence electrons. The van der Waals surface area contributed by atoms with Gasteiger partial charge in [-0.2, -0.15) is 0 Å². The summed E-state index contributed by atoms with van der Waals surface area (Å²) in [5.74, 6) is -0.829. The fourth-order valence-corrected chi connectivity index (χ4v) is 3.58. The third-order valence-electron chi connectivity index (χ3n) is 4.90. The first-order chi connectivity index (χ1) is 11.3. The van der Waals surface area contributed by atoms with E-state index in [-0.39, 0.29) is 35.0 Å². The molecule has 0 aromatic carbocycles. The second kappa shape index (κ2) is 6.29. The number of carboxylic acids is 1. The average molecular weight is 354 g/mol. The fourth-order valence-electron chi connectivity index (χ4n) is 3.41. The van der Waals surface area contributed by atoms with Crippen molar-refractivity contribution in [2.75, 3.05) is 26.3 Å². The highest BCUT2D eigenvalue weighted by molar-refractivity contribution is 6.33. The molecule has 1 aromatic rings. The number of ether oxygens (including phenoxy) is 1. The largest absolute Gasteiger partial charge is 0.481 e. The zero-order valence-electron chi connectivity index (χ0n) is 13.7. The normalized spacial score (nSPS) is 26.5. The molecule has 0 bridgehead atoms. The number of hydrogen-bond acceptors (Lipinski definition) is 5. The lowest BCUT2D eigenvalue weighted by Crippen LogP contribution is -2.45. The Bertz CT molecular complexity index is 681. The number of likely N-dealkylation sites (tertiary alicyclic amines) is 1. The number of hydrogen-bond donors (Lipinski definition) is 1. The Hall–Kier alpha value is -1.73. The van der Waals surface area contributed by atoms with Crippen LogP contribution in [0.15, 0.2) is 6.20 Å². The van der Waals surface area contributed by atoms with Gasteiger partial charge in [0.05, 0.1) is 23.2 Å². The SMILES string of the molecule is CC(C)c1ncc(Cl)c(C(=O)N2C[C@H]3COCC[C@@]3(C(=O)O)C2)n1. The van der Waals surface area contributed by atoms with E-state index >= 15 is 0 Å². The lowest BCUT2D eigenvalue weighted by molar-refractivity contribution is -0.157. The third kappa shape index (κ3) is 2.75. The number of nitrogens with zero attached hydrogens (tertiary/aromatic N) is 3. The molecule has 1 amide bonds. The van der Waals surface area contributed by atoms with Crippen molar-refractivity contribution in [3.63, 3.8) is 0 Å². The number of aromatic nitrogens is 2. The monoisotopic (exact) mass is 353 g/mol. The predicted molar refractivity (Wildman–Crippen MR) is 86.0 cm³/mol. The van der Waals surface area contributed by atoms with Crippen molar-refractivity contribution in [2.45, 2.75) is 26.2 Å². The molecular formula is C16H20ClN3O4. The Morgan fingerprint density at radius 1 is 1.50 bits per heavy atom. The van der Waals surface area contributed by atoms with Crippen molar-refractivity contribution in [3.05, 3.63) is 22.7 Å². The Morgan fingerprint density at radius 2 is 2.25 bits per heavy atom. The topological polar surface area (TPSA) is 92.6 Å². The van der Waals surface area contributed by atoms with Gasteiger partial charge in [-0.3, -0.25) is 9.59 Å². The van der Waals surface area contributed by atoms with Gasteiger partial charge in [0, 0.05) is 31.5 Å². The van der Waals surface area contributed by atoms with Crippen LogP contribution in [0.2, 0.25) is 5.02 Å². The summed E-state index contributed by atoms with van der Waals surface area (Å²) in [4.78, 5) is 34.7. The Balaban J connectivity index is 1.89. The molecule has 3 heterocycles. The van der Waals surface area contributed by atoms with E-state index in [4.69, 9.17) is 16.3 Å². The van der Waals surface area contributed by atoms with Crippen molar-refractivity contribution >= 4 is 23.5 Å². The first-order valence-electron chi connectivity index (χ1n) is 7.98. The van der Waals surface area contributed by atoms with Crippen LogP contribution in [0.3, 0.4) is 0 Å². The smallest absolute Gasteiger partial charge is 0.311 e. The molecule has 0 radical (unpaired) electrons. The van der Waals surface area contributed by atoms with E-state index in [0.717, 1.165) is 0 Å². The summed E-state index contributed by atoms with van der Waals surface area (Å²) < 4.78 is 5.41. The molecule has 8 heteroatoms. The molecule has 1 aromatic heterocycles. The van der Waals surface area contributed by atoms with Crippen molar-refractivity contribution in [1.82, 2.24) is 14.9 Å². The number of halogens is 1. The molecular weight excluding hydrogens is 334 g/mol. The standard InChI is InChI=1S/C16H20ClN3O4/c1-9(2)13-18-5-11(17)12(19-13)14(21)20-6-10-7-24-4-3-16(10,8-20)15(22)23/h5,9-10H,3-4,6-8H2,1-2H3,(H,22,23)/t10-,16+/m0/s1. The molecule has 0 unspecified atom stereocenters. The summed E-state index contributed by atoms with van der Waals surface area (Å²) in [6.07, 6.45) is 1.84. The minimum absolute atomic E-state index is 0.0636. The maximum atomic E-state index is 12.9. The highest BCUT2D eigenvalue weighted by Gasteiger charge is 2.55. The molecule has 2 fully saturated rings. The minimum atomic E-state index is -0.936. The van der Waals surface area contributed by atoms with E-state index < -0.39 is 11.4 Å². The molecule has 2 saturated heterocycles. The van der Waals surface area contributed by atoms with Gasteiger partial charge >= 0.3 is 5.97 Å². The van der Waals surface area contributed by atoms with Gasteiger partial charge in [0.15, 0.2) is 5.69 Å². The van der Waals surface area contributed by atoms with Crippen LogP contribution in [-0.2, 0) is 9.53 Å². The highest BCUT2D eigenvalue weighted by atomic mass is 35.5. The number of carbonyl (C=O) groups excluding carboxylic acids is 1. The molecule has 0 spiro atoms. The van der Waals surface area contributed by atoms with Crippen molar-refractivity contribution in [2.24, 2.45) is 11.3 Å². The Labute approximate surface area is 145 Å². The maximum Gasteiger partial charge on any atom is 0.311 e. The fraction of sp³-hybridized carbons (Fsp3) is 0.625. The summed E-state index contributed by atoms with van der Waals surface area (Å²) in [6.45, 7) is 5.10. The van der Waals surface area contributed by atoms with Crippen molar-refractivity contribution < 1.29 is 19.4 Å². The summed E-state index contributed by atoms with van der Waals surface area (Å²) in [5.41, 5.74) is -0.802. The number of fused-ring (bicyclic) bond motifs is 1. The lowest BCUT2D eigenvalue weighted by atomic mass is 9.74. The zero-order valence-corrected chi connectivity index (χ0v) is 14.4. The van der Waals surface area contributed by atoms with Gasteiger partial charge < -0.3 is 14.7 Å². The summed E-state index contributed by atoms with van der Waals surface area (Å²) in [6, 6.07) is 0. The first kappa shape index (κ1) is 17.1. The molecule has 0 saturated carbocycles. The summed E-state index contributed by atoms with van der Waals surface area (Å²) in [5, 5.41) is 9.88. The number of aliphatic carboxylic acids is 1. The van der Waals surface area contributed by atoms with E-state index in [0.29, 0.717) is 32.0 Å². The minimum Gasteiger partial charge on any atom is -0.481 e. The van der Waals surface area contributed by atoms with E-state index in [1.54, 1.807) is 0 Å². The second-order valence-corrected chi connectivity index (χ2v) is 7.16. The average Bonchev–Trinajstić information content (AvgIpc) is 2.95. The Morgan fingerprint density at radius 3 is 2.88 bits per heavy atom. The quantitative estimate of drug-likeness (QED) is 0.891. The molecule has 0 aliphatic carbocycles. The van der Waals surface area contributed by atoms with E-state index in [9.17, 15) is 14.7 Å². The van der Waals surface area contributed by atoms with E-state index in [1.165, 1.54) is 11.1 Å². The van der Waals surface area contributed by atoms with Crippen LogP contribution < -0.4 is 0 Å². The van der Waals surface area contributed by atoms with Gasteiger partial charge in [-0.15, -0.1) is 0 Å². The van der Waals surface area contributed by atoms with Crippen LogP contribution in [0, 0.1) is 11.3 Å². The second-order valence-electron chi connectivity index (χ2n) is 6.75. The molecule has 1 N–H and O–H groups in total. The number of carboxylic acid groups (broad SMARTS) is 1. The summed E-state index contributed by atoms with van der Waals surface area (Å²) in [7, 11) is 0. The predicted octanol–water partition coefficient (Wildman–Crippen LogP) is 1.82. The third-order valence-corrected chi connectivity index (χ3v) is 5.18. The van der Waals surface area contributed by atoms with Gasteiger partial charge in [0.25, 0.3) is 5.91 Å². The van der Waals surface area contributed by atoms with Crippen LogP contribution in [0.25, 0.3) is 0 Å².